The van der Waals surface area contributed by atoms with Gasteiger partial charge in [-0.3, -0.25) is 9.59 Å². The van der Waals surface area contributed by atoms with Crippen molar-refractivity contribution in [3.8, 4) is 0 Å². The summed E-state index contributed by atoms with van der Waals surface area (Å²) in [5, 5.41) is 5.13. The number of aryl methyl sites for hydroxylation is 1. The lowest BCUT2D eigenvalue weighted by Crippen LogP contribution is -2.41. The summed E-state index contributed by atoms with van der Waals surface area (Å²) in [6.45, 7) is 3.53. The highest BCUT2D eigenvalue weighted by Crippen LogP contribution is 2.20. The fourth-order valence-electron chi connectivity index (χ4n) is 2.77. The van der Waals surface area contributed by atoms with Crippen molar-refractivity contribution in [1.29, 1.82) is 0 Å². The summed E-state index contributed by atoms with van der Waals surface area (Å²) in [7, 11) is 1.55. The van der Waals surface area contributed by atoms with Crippen LogP contribution < -0.4 is 15.5 Å². The second kappa shape index (κ2) is 9.93. The van der Waals surface area contributed by atoms with Crippen LogP contribution in [0.15, 0.2) is 24.3 Å². The van der Waals surface area contributed by atoms with Gasteiger partial charge in [-0.2, -0.15) is 0 Å². The van der Waals surface area contributed by atoms with Crippen molar-refractivity contribution in [2.24, 2.45) is 0 Å². The fourth-order valence-corrected chi connectivity index (χ4v) is 2.77. The minimum absolute atomic E-state index is 0.339. The Morgan fingerprint density at radius 1 is 1.04 bits per heavy atom. The number of ether oxygens (including phenoxy) is 1. The van der Waals surface area contributed by atoms with Crippen LogP contribution >= 0.6 is 0 Å². The van der Waals surface area contributed by atoms with Gasteiger partial charge < -0.3 is 20.3 Å². The summed E-state index contributed by atoms with van der Waals surface area (Å²) in [6, 6.07) is 8.63. The maximum atomic E-state index is 11.6. The van der Waals surface area contributed by atoms with Crippen molar-refractivity contribution >= 4 is 17.5 Å². The molecule has 1 aromatic carbocycles. The summed E-state index contributed by atoms with van der Waals surface area (Å²) < 4.78 is 4.81. The first kappa shape index (κ1) is 18.3. The lowest BCUT2D eigenvalue weighted by atomic mass is 10.1. The number of hydrogen-bond acceptors (Lipinski definition) is 4. The number of nitrogens with one attached hydrogen (secondary N) is 2. The Morgan fingerprint density at radius 2 is 1.67 bits per heavy atom. The molecule has 24 heavy (non-hydrogen) atoms. The number of anilines is 1. The van der Waals surface area contributed by atoms with Gasteiger partial charge in [-0.1, -0.05) is 12.1 Å². The van der Waals surface area contributed by atoms with E-state index in [9.17, 15) is 9.59 Å². The van der Waals surface area contributed by atoms with Gasteiger partial charge in [-0.05, 0) is 43.4 Å². The van der Waals surface area contributed by atoms with Crippen molar-refractivity contribution < 1.29 is 14.3 Å². The third-order valence-electron chi connectivity index (χ3n) is 4.13. The number of amides is 2. The molecule has 0 bridgehead atoms. The normalized spacial score (nSPS) is 13.8. The van der Waals surface area contributed by atoms with Gasteiger partial charge in [0.15, 0.2) is 0 Å². The summed E-state index contributed by atoms with van der Waals surface area (Å²) in [5.41, 5.74) is 2.54. The van der Waals surface area contributed by atoms with Crippen LogP contribution in [0.25, 0.3) is 0 Å². The Bertz CT molecular complexity index is 525. The van der Waals surface area contributed by atoms with Gasteiger partial charge >= 0.3 is 11.8 Å². The first-order valence-electron chi connectivity index (χ1n) is 8.59. The third-order valence-corrected chi connectivity index (χ3v) is 4.13. The molecule has 0 aromatic heterocycles. The van der Waals surface area contributed by atoms with Crippen LogP contribution in [0, 0.1) is 0 Å². The molecule has 2 amide bonds. The Labute approximate surface area is 143 Å². The maximum Gasteiger partial charge on any atom is 0.309 e. The van der Waals surface area contributed by atoms with E-state index in [1.807, 2.05) is 0 Å². The van der Waals surface area contributed by atoms with E-state index in [2.05, 4.69) is 39.8 Å². The second-order valence-corrected chi connectivity index (χ2v) is 5.97. The van der Waals surface area contributed by atoms with E-state index >= 15 is 0 Å². The average Bonchev–Trinajstić information content (AvgIpc) is 3.14. The molecule has 1 saturated heterocycles. The molecule has 2 N–H and O–H groups in total. The number of rotatable bonds is 8. The number of carbonyl (C=O) groups is 2. The smallest absolute Gasteiger partial charge is 0.309 e. The monoisotopic (exact) mass is 333 g/mol. The van der Waals surface area contributed by atoms with Crippen LogP contribution in [0.3, 0.4) is 0 Å². The highest BCUT2D eigenvalue weighted by atomic mass is 16.5. The molecular formula is C18H27N3O3. The van der Waals surface area contributed by atoms with Gasteiger partial charge in [0, 0.05) is 39.0 Å². The molecule has 2 rings (SSSR count). The van der Waals surface area contributed by atoms with Crippen LogP contribution in [-0.2, 0) is 20.7 Å². The Hall–Kier alpha value is -2.08. The summed E-state index contributed by atoms with van der Waals surface area (Å²) >= 11 is 0. The third kappa shape index (κ3) is 5.85. The lowest BCUT2D eigenvalue weighted by Gasteiger charge is -2.17. The second-order valence-electron chi connectivity index (χ2n) is 5.97. The van der Waals surface area contributed by atoms with Crippen LogP contribution in [0.1, 0.15) is 24.8 Å². The van der Waals surface area contributed by atoms with Crippen LogP contribution in [-0.4, -0.2) is 51.7 Å². The molecule has 0 aliphatic carbocycles. The summed E-state index contributed by atoms with van der Waals surface area (Å²) in [5.74, 6) is -1.20. The SMILES string of the molecule is COCCNC(=O)C(=O)NCCCc1ccc(N2CCCC2)cc1. The molecule has 0 unspecified atom stereocenters. The van der Waals surface area contributed by atoms with E-state index in [1.54, 1.807) is 7.11 Å². The predicted molar refractivity (Wildman–Crippen MR) is 94.1 cm³/mol. The van der Waals surface area contributed by atoms with E-state index in [-0.39, 0.29) is 0 Å². The molecule has 0 saturated carbocycles. The van der Waals surface area contributed by atoms with Gasteiger partial charge in [0.25, 0.3) is 0 Å². The molecular weight excluding hydrogens is 306 g/mol. The quantitative estimate of drug-likeness (QED) is 0.552. The molecule has 1 aromatic rings. The van der Waals surface area contributed by atoms with E-state index in [0.717, 1.165) is 25.9 Å². The first-order valence-corrected chi connectivity index (χ1v) is 8.59. The Kier molecular flexibility index (Phi) is 7.55. The molecule has 6 heteroatoms. The van der Waals surface area contributed by atoms with E-state index in [1.165, 1.54) is 24.1 Å². The standard InChI is InChI=1S/C18H27N3O3/c1-24-14-11-20-18(23)17(22)19-10-4-5-15-6-8-16(9-7-15)21-12-2-3-13-21/h6-9H,2-5,10-14H2,1H3,(H,19,22)(H,20,23). The zero-order valence-electron chi connectivity index (χ0n) is 14.3. The van der Waals surface area contributed by atoms with E-state index in [4.69, 9.17) is 4.74 Å². The molecule has 132 valence electrons. The van der Waals surface area contributed by atoms with Crippen molar-refractivity contribution in [1.82, 2.24) is 10.6 Å². The highest BCUT2D eigenvalue weighted by Gasteiger charge is 2.12. The summed E-state index contributed by atoms with van der Waals surface area (Å²) in [6.07, 6.45) is 4.24. The maximum absolute atomic E-state index is 11.6. The van der Waals surface area contributed by atoms with Crippen molar-refractivity contribution in [3.05, 3.63) is 29.8 Å². The molecule has 1 aliphatic rings. The van der Waals surface area contributed by atoms with Gasteiger partial charge in [0.1, 0.15) is 0 Å². The van der Waals surface area contributed by atoms with E-state index < -0.39 is 11.8 Å². The van der Waals surface area contributed by atoms with Crippen molar-refractivity contribution in [2.45, 2.75) is 25.7 Å². The topological polar surface area (TPSA) is 70.7 Å². The van der Waals surface area contributed by atoms with Gasteiger partial charge in [-0.25, -0.2) is 0 Å². The predicted octanol–water partition coefficient (Wildman–Crippen LogP) is 1.10. The van der Waals surface area contributed by atoms with Crippen LogP contribution in [0.4, 0.5) is 5.69 Å². The average molecular weight is 333 g/mol. The van der Waals surface area contributed by atoms with Gasteiger partial charge in [0.05, 0.1) is 6.61 Å². The first-order chi connectivity index (χ1) is 11.7. The molecule has 1 aliphatic heterocycles. The van der Waals surface area contributed by atoms with Gasteiger partial charge in [-0.15, -0.1) is 0 Å². The Morgan fingerprint density at radius 3 is 2.29 bits per heavy atom. The summed E-state index contributed by atoms with van der Waals surface area (Å²) in [4.78, 5) is 25.4. The number of carbonyl (C=O) groups excluding carboxylic acids is 2. The number of nitrogens with zero attached hydrogens (tertiary/aromatic N) is 1. The molecule has 0 spiro atoms. The van der Waals surface area contributed by atoms with Crippen LogP contribution in [0.2, 0.25) is 0 Å². The number of benzene rings is 1. The van der Waals surface area contributed by atoms with Gasteiger partial charge in [0.2, 0.25) is 0 Å². The molecule has 6 nitrogen and oxygen atoms in total. The zero-order chi connectivity index (χ0) is 17.2. The van der Waals surface area contributed by atoms with E-state index in [0.29, 0.717) is 19.7 Å². The molecule has 0 radical (unpaired) electrons. The Balaban J connectivity index is 1.63. The largest absolute Gasteiger partial charge is 0.383 e. The minimum atomic E-state index is -0.609. The zero-order valence-corrected chi connectivity index (χ0v) is 14.3. The number of hydrogen-bond donors (Lipinski definition) is 2. The number of methoxy groups -OCH3 is 1. The molecule has 1 fully saturated rings. The lowest BCUT2D eigenvalue weighted by molar-refractivity contribution is -0.139. The molecule has 0 atom stereocenters. The van der Waals surface area contributed by atoms with Crippen LogP contribution in [0.5, 0.6) is 0 Å². The van der Waals surface area contributed by atoms with Crippen molar-refractivity contribution in [2.75, 3.05) is 44.8 Å². The minimum Gasteiger partial charge on any atom is -0.383 e. The highest BCUT2D eigenvalue weighted by molar-refractivity contribution is 6.35. The molecule has 1 heterocycles. The fraction of sp³-hybridized carbons (Fsp3) is 0.556. The van der Waals surface area contributed by atoms with Crippen molar-refractivity contribution in [3.63, 3.8) is 0 Å².